The number of amides is 1. The van der Waals surface area contributed by atoms with E-state index in [1.807, 2.05) is 25.1 Å². The van der Waals surface area contributed by atoms with Crippen LogP contribution >= 0.6 is 0 Å². The van der Waals surface area contributed by atoms with Crippen molar-refractivity contribution in [3.8, 4) is 0 Å². The summed E-state index contributed by atoms with van der Waals surface area (Å²) < 4.78 is 1.51. The van der Waals surface area contributed by atoms with E-state index in [2.05, 4.69) is 0 Å². The Morgan fingerprint density at radius 1 is 1.17 bits per heavy atom. The molecule has 2 N–H and O–H groups in total. The van der Waals surface area contributed by atoms with E-state index >= 15 is 0 Å². The van der Waals surface area contributed by atoms with Gasteiger partial charge in [-0.05, 0) is 44.4 Å². The van der Waals surface area contributed by atoms with Crippen LogP contribution in [-0.4, -0.2) is 50.8 Å². The molecule has 0 aliphatic carbocycles. The summed E-state index contributed by atoms with van der Waals surface area (Å²) in [6.07, 6.45) is -0.852. The second kappa shape index (κ2) is 8.21. The van der Waals surface area contributed by atoms with Crippen molar-refractivity contribution >= 4 is 11.9 Å². The highest BCUT2D eigenvalue weighted by Crippen LogP contribution is 2.35. The number of likely N-dealkylation sites (tertiary alicyclic amines) is 1. The number of carboxylic acids is 1. The minimum atomic E-state index is -1.52. The molecule has 1 aromatic carbocycles. The van der Waals surface area contributed by atoms with Gasteiger partial charge in [0.15, 0.2) is 0 Å². The van der Waals surface area contributed by atoms with Gasteiger partial charge >= 0.3 is 5.97 Å². The summed E-state index contributed by atoms with van der Waals surface area (Å²) in [5, 5.41) is 20.6. The second-order valence-corrected chi connectivity index (χ2v) is 7.59. The topological polar surface area (TPSA) is 99.8 Å². The van der Waals surface area contributed by atoms with Gasteiger partial charge in [-0.15, -0.1) is 0 Å². The zero-order valence-electron chi connectivity index (χ0n) is 16.7. The Hall–Kier alpha value is -2.93. The molecule has 7 heteroatoms. The number of hydrogen-bond donors (Lipinski definition) is 2. The summed E-state index contributed by atoms with van der Waals surface area (Å²) in [5.41, 5.74) is -0.358. The zero-order valence-corrected chi connectivity index (χ0v) is 16.7. The predicted molar refractivity (Wildman–Crippen MR) is 108 cm³/mol. The maximum Gasteiger partial charge on any atom is 0.314 e. The highest BCUT2D eigenvalue weighted by atomic mass is 16.4. The lowest BCUT2D eigenvalue weighted by Gasteiger charge is -2.43. The van der Waals surface area contributed by atoms with Crippen LogP contribution in [0.1, 0.15) is 35.0 Å². The van der Waals surface area contributed by atoms with Crippen molar-refractivity contribution in [1.82, 2.24) is 9.47 Å². The van der Waals surface area contributed by atoms with E-state index < -0.39 is 23.4 Å². The first-order valence-corrected chi connectivity index (χ1v) is 9.75. The number of carboxylic acid groups (broad SMARTS) is 1. The van der Waals surface area contributed by atoms with E-state index in [0.717, 1.165) is 11.3 Å². The largest absolute Gasteiger partial charge is 0.481 e. The molecule has 2 atom stereocenters. The van der Waals surface area contributed by atoms with Gasteiger partial charge in [0.2, 0.25) is 0 Å². The Bertz CT molecular complexity index is 969. The Balaban J connectivity index is 1.95. The normalized spacial score (nSPS) is 21.8. The van der Waals surface area contributed by atoms with Gasteiger partial charge in [-0.25, -0.2) is 0 Å². The highest BCUT2D eigenvalue weighted by Gasteiger charge is 2.50. The summed E-state index contributed by atoms with van der Waals surface area (Å²) in [7, 11) is 0. The molecule has 7 nitrogen and oxygen atoms in total. The predicted octanol–water partition coefficient (Wildman–Crippen LogP) is 1.70. The average Bonchev–Trinajstić information content (AvgIpc) is 2.70. The molecule has 0 bridgehead atoms. The smallest absolute Gasteiger partial charge is 0.314 e. The van der Waals surface area contributed by atoms with Crippen molar-refractivity contribution in [1.29, 1.82) is 0 Å². The summed E-state index contributed by atoms with van der Waals surface area (Å²) in [6.45, 7) is 4.11. The minimum absolute atomic E-state index is 0.0211. The zero-order chi connectivity index (χ0) is 21.2. The summed E-state index contributed by atoms with van der Waals surface area (Å²) in [4.78, 5) is 39.4. The lowest BCUT2D eigenvalue weighted by molar-refractivity contribution is -0.161. The molecule has 0 unspecified atom stereocenters. The summed E-state index contributed by atoms with van der Waals surface area (Å²) in [5.74, 6) is -1.65. The van der Waals surface area contributed by atoms with Gasteiger partial charge in [-0.3, -0.25) is 14.4 Å². The third-order valence-electron chi connectivity index (χ3n) is 5.80. The van der Waals surface area contributed by atoms with Crippen LogP contribution < -0.4 is 5.56 Å². The fourth-order valence-electron chi connectivity index (χ4n) is 4.07. The van der Waals surface area contributed by atoms with Crippen LogP contribution in [-0.2, 0) is 17.8 Å². The van der Waals surface area contributed by atoms with Crippen molar-refractivity contribution in [2.45, 2.75) is 39.3 Å². The van der Waals surface area contributed by atoms with E-state index in [4.69, 9.17) is 0 Å². The number of nitrogens with zero attached hydrogens (tertiary/aromatic N) is 2. The van der Waals surface area contributed by atoms with Gasteiger partial charge in [0.1, 0.15) is 11.0 Å². The van der Waals surface area contributed by atoms with E-state index in [0.29, 0.717) is 6.54 Å². The number of benzene rings is 1. The van der Waals surface area contributed by atoms with Crippen LogP contribution in [0.25, 0.3) is 0 Å². The number of piperidine rings is 1. The first kappa shape index (κ1) is 20.8. The van der Waals surface area contributed by atoms with E-state index in [-0.39, 0.29) is 37.1 Å². The number of aliphatic carboxylic acids is 1. The van der Waals surface area contributed by atoms with E-state index in [1.165, 1.54) is 15.5 Å². The number of carbonyl (C=O) groups excluding carboxylic acids is 1. The first-order valence-electron chi connectivity index (χ1n) is 9.75. The molecule has 2 heterocycles. The van der Waals surface area contributed by atoms with Crippen LogP contribution in [0.3, 0.4) is 0 Å². The Kier molecular flexibility index (Phi) is 5.88. The third kappa shape index (κ3) is 3.82. The number of aliphatic hydroxyl groups is 1. The van der Waals surface area contributed by atoms with Gasteiger partial charge in [0, 0.05) is 25.3 Å². The van der Waals surface area contributed by atoms with Gasteiger partial charge in [0.05, 0.1) is 6.10 Å². The molecule has 3 rings (SSSR count). The fourth-order valence-corrected chi connectivity index (χ4v) is 4.07. The SMILES string of the molecule is CCn1c(C)ccc(C(=O)N2CC[C@H](O)[C@](Cc3ccccc3)(C(=O)O)C2)c1=O. The van der Waals surface area contributed by atoms with Crippen molar-refractivity contribution in [3.05, 3.63) is 69.6 Å². The number of hydrogen-bond acceptors (Lipinski definition) is 4. The molecule has 1 amide bonds. The van der Waals surface area contributed by atoms with Crippen molar-refractivity contribution in [2.75, 3.05) is 13.1 Å². The number of aryl methyl sites for hydroxylation is 1. The average molecular weight is 398 g/mol. The Morgan fingerprint density at radius 3 is 2.48 bits per heavy atom. The molecular formula is C22H26N2O5. The molecule has 0 radical (unpaired) electrons. The molecule has 1 aromatic heterocycles. The molecule has 2 aromatic rings. The number of aromatic nitrogens is 1. The van der Waals surface area contributed by atoms with E-state index in [1.54, 1.807) is 25.1 Å². The van der Waals surface area contributed by atoms with Crippen molar-refractivity contribution in [3.63, 3.8) is 0 Å². The number of aliphatic hydroxyl groups excluding tert-OH is 1. The monoisotopic (exact) mass is 398 g/mol. The van der Waals surface area contributed by atoms with Crippen LogP contribution in [0.15, 0.2) is 47.3 Å². The molecule has 154 valence electrons. The van der Waals surface area contributed by atoms with Crippen molar-refractivity contribution < 1.29 is 19.8 Å². The molecule has 0 spiro atoms. The maximum atomic E-state index is 13.1. The minimum Gasteiger partial charge on any atom is -0.481 e. The van der Waals surface area contributed by atoms with Gasteiger partial charge < -0.3 is 19.7 Å². The number of pyridine rings is 1. The second-order valence-electron chi connectivity index (χ2n) is 7.59. The third-order valence-corrected chi connectivity index (χ3v) is 5.80. The quantitative estimate of drug-likeness (QED) is 0.799. The lowest BCUT2D eigenvalue weighted by atomic mass is 9.72. The first-order chi connectivity index (χ1) is 13.8. The number of rotatable bonds is 5. The molecule has 1 saturated heterocycles. The number of carbonyl (C=O) groups is 2. The summed E-state index contributed by atoms with van der Waals surface area (Å²) >= 11 is 0. The fraction of sp³-hybridized carbons (Fsp3) is 0.409. The maximum absolute atomic E-state index is 13.1. The molecule has 0 saturated carbocycles. The van der Waals surface area contributed by atoms with Crippen LogP contribution in [0.5, 0.6) is 0 Å². The highest BCUT2D eigenvalue weighted by molar-refractivity contribution is 5.94. The Labute approximate surface area is 169 Å². The van der Waals surface area contributed by atoms with Crippen molar-refractivity contribution in [2.24, 2.45) is 5.41 Å². The van der Waals surface area contributed by atoms with Crippen LogP contribution in [0.2, 0.25) is 0 Å². The van der Waals surface area contributed by atoms with Crippen LogP contribution in [0.4, 0.5) is 0 Å². The molecule has 1 fully saturated rings. The van der Waals surface area contributed by atoms with Gasteiger partial charge in [-0.1, -0.05) is 30.3 Å². The summed E-state index contributed by atoms with van der Waals surface area (Å²) in [6, 6.07) is 12.3. The molecular weight excluding hydrogens is 372 g/mol. The lowest BCUT2D eigenvalue weighted by Crippen LogP contribution is -2.58. The van der Waals surface area contributed by atoms with E-state index in [9.17, 15) is 24.6 Å². The Morgan fingerprint density at radius 2 is 1.86 bits per heavy atom. The molecule has 1 aliphatic heterocycles. The van der Waals surface area contributed by atoms with Gasteiger partial charge in [0.25, 0.3) is 11.5 Å². The van der Waals surface area contributed by atoms with Gasteiger partial charge in [-0.2, -0.15) is 0 Å². The standard InChI is InChI=1S/C22H26N2O5/c1-3-24-15(2)9-10-17(20(24)27)19(26)23-12-11-18(25)22(14-23,21(28)29)13-16-7-5-4-6-8-16/h4-10,18,25H,3,11-14H2,1-2H3,(H,28,29)/t18-,22+/m0/s1. The van der Waals surface area contributed by atoms with Crippen LogP contribution in [0, 0.1) is 12.3 Å². The molecule has 29 heavy (non-hydrogen) atoms. The molecule has 1 aliphatic rings.